The summed E-state index contributed by atoms with van der Waals surface area (Å²) in [5.74, 6) is -1.68. The van der Waals surface area contributed by atoms with Gasteiger partial charge in [0.05, 0.1) is 16.8 Å². The predicted molar refractivity (Wildman–Crippen MR) is 129 cm³/mol. The van der Waals surface area contributed by atoms with Gasteiger partial charge in [-0.2, -0.15) is 5.01 Å². The molecule has 7 heteroatoms. The molecule has 0 spiro atoms. The largest absolute Gasteiger partial charge is 0.280 e. The van der Waals surface area contributed by atoms with Crippen molar-refractivity contribution >= 4 is 40.1 Å². The third kappa shape index (κ3) is 2.89. The van der Waals surface area contributed by atoms with Crippen LogP contribution >= 0.6 is 0 Å². The fourth-order valence-electron chi connectivity index (χ4n) is 4.81. The number of rotatable bonds is 5. The van der Waals surface area contributed by atoms with Crippen molar-refractivity contribution in [3.05, 3.63) is 76.9 Å². The lowest BCUT2D eigenvalue weighted by Crippen LogP contribution is -2.53. The summed E-state index contributed by atoms with van der Waals surface area (Å²) in [5.41, 5.74) is 2.00. The second-order valence-corrected chi connectivity index (χ2v) is 9.01. The lowest BCUT2D eigenvalue weighted by Gasteiger charge is -2.38. The van der Waals surface area contributed by atoms with E-state index in [1.165, 1.54) is 4.90 Å². The molecule has 1 atom stereocenters. The van der Waals surface area contributed by atoms with Crippen LogP contribution in [0.3, 0.4) is 0 Å². The molecule has 0 aromatic heterocycles. The number of amides is 4. The molecule has 2 aliphatic rings. The minimum Gasteiger partial charge on any atom is -0.276 e. The molecule has 0 fully saturated rings. The Morgan fingerprint density at radius 3 is 1.53 bits per heavy atom. The summed E-state index contributed by atoms with van der Waals surface area (Å²) in [6.45, 7) is 8.03. The molecule has 0 saturated carbocycles. The number of nitrogens with zero attached hydrogens (tertiary/aromatic N) is 3. The van der Waals surface area contributed by atoms with Gasteiger partial charge < -0.3 is 0 Å². The molecule has 172 valence electrons. The number of para-hydroxylation sites is 1. The first-order valence-electron chi connectivity index (χ1n) is 11.5. The van der Waals surface area contributed by atoms with Crippen molar-refractivity contribution in [2.75, 3.05) is 11.6 Å². The maximum Gasteiger partial charge on any atom is 0.280 e. The maximum absolute atomic E-state index is 13.6. The number of hydrazine groups is 1. The van der Waals surface area contributed by atoms with Crippen LogP contribution in [-0.4, -0.2) is 46.1 Å². The van der Waals surface area contributed by atoms with Crippen molar-refractivity contribution in [3.63, 3.8) is 0 Å². The van der Waals surface area contributed by atoms with Gasteiger partial charge in [-0.1, -0.05) is 32.0 Å². The highest BCUT2D eigenvalue weighted by atomic mass is 16.2. The fraction of sp³-hybridized carbons (Fsp3) is 0.259. The Labute approximate surface area is 197 Å². The van der Waals surface area contributed by atoms with E-state index in [1.807, 2.05) is 58.0 Å². The van der Waals surface area contributed by atoms with E-state index in [4.69, 9.17) is 0 Å². The molecule has 3 aromatic rings. The zero-order chi connectivity index (χ0) is 24.3. The summed E-state index contributed by atoms with van der Waals surface area (Å²) < 4.78 is 0. The maximum atomic E-state index is 13.6. The molecule has 2 aliphatic heterocycles. The fourth-order valence-corrected chi connectivity index (χ4v) is 4.81. The molecule has 2 heterocycles. The van der Waals surface area contributed by atoms with Gasteiger partial charge in [-0.25, -0.2) is 0 Å². The number of anilines is 1. The number of imide groups is 2. The molecule has 1 unspecified atom stereocenters. The zero-order valence-electron chi connectivity index (χ0n) is 19.5. The Morgan fingerprint density at radius 1 is 0.676 bits per heavy atom. The molecule has 4 amide bonds. The summed E-state index contributed by atoms with van der Waals surface area (Å²) in [7, 11) is 0. The van der Waals surface area contributed by atoms with Crippen LogP contribution in [-0.2, 0) is 0 Å². The Bertz CT molecular complexity index is 1310. The number of carbonyl (C=O) groups excluding carboxylic acids is 4. The van der Waals surface area contributed by atoms with Crippen molar-refractivity contribution < 1.29 is 19.2 Å². The third-order valence-electron chi connectivity index (χ3n) is 6.87. The quantitative estimate of drug-likeness (QED) is 0.529. The van der Waals surface area contributed by atoms with Gasteiger partial charge in [0.1, 0.15) is 0 Å². The van der Waals surface area contributed by atoms with Gasteiger partial charge in [0, 0.05) is 34.5 Å². The Hall–Kier alpha value is -4.00. The van der Waals surface area contributed by atoms with Gasteiger partial charge in [-0.15, -0.1) is 0 Å². The molecule has 0 radical (unpaired) electrons. The summed E-state index contributed by atoms with van der Waals surface area (Å²) in [6, 6.07) is 15.3. The van der Waals surface area contributed by atoms with Crippen molar-refractivity contribution in [2.45, 2.75) is 33.7 Å². The molecular weight excluding hydrogens is 430 g/mol. The smallest absolute Gasteiger partial charge is 0.276 e. The van der Waals surface area contributed by atoms with Crippen LogP contribution < -0.4 is 5.01 Å². The molecule has 0 saturated heterocycles. The Morgan fingerprint density at radius 2 is 1.12 bits per heavy atom. The van der Waals surface area contributed by atoms with E-state index in [1.54, 1.807) is 29.3 Å². The van der Waals surface area contributed by atoms with E-state index >= 15 is 0 Å². The number of benzene rings is 3. The summed E-state index contributed by atoms with van der Waals surface area (Å²) in [4.78, 5) is 55.3. The normalized spacial score (nSPS) is 16.0. The van der Waals surface area contributed by atoms with Crippen LogP contribution in [0, 0.1) is 5.92 Å². The molecular formula is C27H25N3O4. The number of carbonyl (C=O) groups is 4. The highest BCUT2D eigenvalue weighted by molar-refractivity contribution is 6.33. The van der Waals surface area contributed by atoms with Gasteiger partial charge in [-0.05, 0) is 56.2 Å². The van der Waals surface area contributed by atoms with Crippen LogP contribution in [0.5, 0.6) is 0 Å². The average Bonchev–Trinajstić information content (AvgIpc) is 2.84. The minimum atomic E-state index is -0.482. The SMILES string of the molecule is CCN(c1ccccc1)N1C(=O)c2ccc3c4c(ccc(c24)C1=O)C(=O)N(C(C)C(C)C)C3=O. The summed E-state index contributed by atoms with van der Waals surface area (Å²) in [6.07, 6.45) is 0. The van der Waals surface area contributed by atoms with E-state index in [0.717, 1.165) is 5.01 Å². The van der Waals surface area contributed by atoms with Crippen LogP contribution in [0.25, 0.3) is 10.8 Å². The average molecular weight is 456 g/mol. The lowest BCUT2D eigenvalue weighted by atomic mass is 9.85. The molecule has 0 bridgehead atoms. The summed E-state index contributed by atoms with van der Waals surface area (Å²) in [5, 5.41) is 3.55. The van der Waals surface area contributed by atoms with Gasteiger partial charge in [0.2, 0.25) is 0 Å². The lowest BCUT2D eigenvalue weighted by molar-refractivity contribution is 0.0507. The molecule has 3 aromatic carbocycles. The van der Waals surface area contributed by atoms with Gasteiger partial charge in [-0.3, -0.25) is 29.1 Å². The van der Waals surface area contributed by atoms with Crippen LogP contribution in [0.1, 0.15) is 69.1 Å². The van der Waals surface area contributed by atoms with Gasteiger partial charge in [0.15, 0.2) is 0 Å². The Kier molecular flexibility index (Phi) is 5.01. The first kappa shape index (κ1) is 21.8. The monoisotopic (exact) mass is 455 g/mol. The zero-order valence-corrected chi connectivity index (χ0v) is 19.5. The summed E-state index contributed by atoms with van der Waals surface area (Å²) >= 11 is 0. The molecule has 5 rings (SSSR count). The topological polar surface area (TPSA) is 78.0 Å². The highest BCUT2D eigenvalue weighted by Crippen LogP contribution is 2.39. The third-order valence-corrected chi connectivity index (χ3v) is 6.87. The van der Waals surface area contributed by atoms with E-state index in [9.17, 15) is 19.2 Å². The van der Waals surface area contributed by atoms with Crippen molar-refractivity contribution in [1.29, 1.82) is 0 Å². The van der Waals surface area contributed by atoms with Crippen molar-refractivity contribution in [2.24, 2.45) is 5.92 Å². The van der Waals surface area contributed by atoms with E-state index in [2.05, 4.69) is 0 Å². The van der Waals surface area contributed by atoms with Crippen molar-refractivity contribution in [1.82, 2.24) is 9.91 Å². The first-order chi connectivity index (χ1) is 16.3. The Balaban J connectivity index is 1.70. The van der Waals surface area contributed by atoms with Gasteiger partial charge >= 0.3 is 0 Å². The van der Waals surface area contributed by atoms with E-state index < -0.39 is 23.6 Å². The van der Waals surface area contributed by atoms with Gasteiger partial charge in [0.25, 0.3) is 23.6 Å². The standard InChI is InChI=1S/C27H25N3O4/c1-5-28(17-9-7-6-8-10-17)30-26(33)20-13-11-18-22-19(12-14-21(23(20)22)27(30)34)25(32)29(24(18)31)16(4)15(2)3/h6-16H,5H2,1-4H3. The second kappa shape index (κ2) is 7.80. The highest BCUT2D eigenvalue weighted by Gasteiger charge is 2.42. The van der Waals surface area contributed by atoms with Crippen LogP contribution in [0.4, 0.5) is 5.69 Å². The van der Waals surface area contributed by atoms with E-state index in [0.29, 0.717) is 45.3 Å². The number of hydrogen-bond acceptors (Lipinski definition) is 5. The second-order valence-electron chi connectivity index (χ2n) is 9.01. The minimum absolute atomic E-state index is 0.0806. The molecule has 0 aliphatic carbocycles. The molecule has 0 N–H and O–H groups in total. The van der Waals surface area contributed by atoms with Crippen LogP contribution in [0.15, 0.2) is 54.6 Å². The predicted octanol–water partition coefficient (Wildman–Crippen LogP) is 4.52. The first-order valence-corrected chi connectivity index (χ1v) is 11.5. The number of hydrogen-bond donors (Lipinski definition) is 0. The molecule has 7 nitrogen and oxygen atoms in total. The van der Waals surface area contributed by atoms with Crippen molar-refractivity contribution in [3.8, 4) is 0 Å². The van der Waals surface area contributed by atoms with Crippen LogP contribution in [0.2, 0.25) is 0 Å². The van der Waals surface area contributed by atoms with E-state index in [-0.39, 0.29) is 12.0 Å². The molecule has 34 heavy (non-hydrogen) atoms.